The number of nitrogens with one attached hydrogen (secondary N) is 1. The number of amides is 1. The van der Waals surface area contributed by atoms with Crippen molar-refractivity contribution in [2.75, 3.05) is 16.8 Å². The summed E-state index contributed by atoms with van der Waals surface area (Å²) in [4.78, 5) is 23.8. The van der Waals surface area contributed by atoms with Crippen LogP contribution >= 0.6 is 0 Å². The topological polar surface area (TPSA) is 58.1 Å². The van der Waals surface area contributed by atoms with Crippen molar-refractivity contribution in [3.63, 3.8) is 0 Å². The zero-order chi connectivity index (χ0) is 20.2. The summed E-state index contributed by atoms with van der Waals surface area (Å²) in [6, 6.07) is 21.5. The minimum absolute atomic E-state index is 0.208. The first-order chi connectivity index (χ1) is 14.2. The zero-order valence-electron chi connectivity index (χ0n) is 16.5. The molecule has 2 heterocycles. The Bertz CT molecular complexity index is 1150. The number of carbonyl (C=O) groups is 1. The fourth-order valence-corrected chi connectivity index (χ4v) is 3.35. The Balaban J connectivity index is 1.56. The van der Waals surface area contributed by atoms with Gasteiger partial charge in [-0.2, -0.15) is 0 Å². The van der Waals surface area contributed by atoms with Gasteiger partial charge in [0.1, 0.15) is 5.82 Å². The van der Waals surface area contributed by atoms with E-state index in [1.165, 1.54) is 5.56 Å². The van der Waals surface area contributed by atoms with E-state index < -0.39 is 0 Å². The normalized spacial score (nSPS) is 10.7. The predicted molar refractivity (Wildman–Crippen MR) is 118 cm³/mol. The van der Waals surface area contributed by atoms with Gasteiger partial charge in [-0.3, -0.25) is 9.78 Å². The molecule has 0 aliphatic rings. The lowest BCUT2D eigenvalue weighted by molar-refractivity contribution is 0.102. The lowest BCUT2D eigenvalue weighted by atomic mass is 10.1. The summed E-state index contributed by atoms with van der Waals surface area (Å²) in [5.74, 6) is 0.599. The van der Waals surface area contributed by atoms with Crippen LogP contribution in [-0.2, 0) is 0 Å². The van der Waals surface area contributed by atoms with Crippen molar-refractivity contribution < 1.29 is 4.79 Å². The molecule has 1 amide bonds. The van der Waals surface area contributed by atoms with Gasteiger partial charge in [0.25, 0.3) is 5.91 Å². The SMILES string of the molecule is CCN(c1cccc(C)c1)c1ccc(C(=O)Nc2cccc3cccnc23)cn1. The van der Waals surface area contributed by atoms with Gasteiger partial charge in [0, 0.05) is 30.0 Å². The minimum Gasteiger partial charge on any atom is -0.327 e. The first-order valence-electron chi connectivity index (χ1n) is 9.61. The summed E-state index contributed by atoms with van der Waals surface area (Å²) in [7, 11) is 0. The van der Waals surface area contributed by atoms with Gasteiger partial charge in [0.15, 0.2) is 0 Å². The number of para-hydroxylation sites is 1. The van der Waals surface area contributed by atoms with E-state index >= 15 is 0 Å². The fraction of sp³-hybridized carbons (Fsp3) is 0.125. The molecule has 5 nitrogen and oxygen atoms in total. The highest BCUT2D eigenvalue weighted by atomic mass is 16.1. The summed E-state index contributed by atoms with van der Waals surface area (Å²) in [5.41, 5.74) is 4.23. The van der Waals surface area contributed by atoms with E-state index in [-0.39, 0.29) is 5.91 Å². The molecule has 0 radical (unpaired) electrons. The Morgan fingerprint density at radius 3 is 2.59 bits per heavy atom. The van der Waals surface area contributed by atoms with Crippen molar-refractivity contribution >= 4 is 34.0 Å². The minimum atomic E-state index is -0.208. The van der Waals surface area contributed by atoms with Crippen LogP contribution in [0.4, 0.5) is 17.2 Å². The maximum absolute atomic E-state index is 12.7. The Labute approximate surface area is 170 Å². The first kappa shape index (κ1) is 18.6. The van der Waals surface area contributed by atoms with E-state index in [0.717, 1.165) is 29.0 Å². The number of carbonyl (C=O) groups excluding carboxylic acids is 1. The Morgan fingerprint density at radius 1 is 1.00 bits per heavy atom. The number of fused-ring (bicyclic) bond motifs is 1. The molecule has 2 aromatic carbocycles. The molecule has 0 bridgehead atoms. The quantitative estimate of drug-likeness (QED) is 0.506. The number of pyridine rings is 2. The van der Waals surface area contributed by atoms with Crippen molar-refractivity contribution in [2.24, 2.45) is 0 Å². The van der Waals surface area contributed by atoms with Crippen LogP contribution in [0, 0.1) is 6.92 Å². The van der Waals surface area contributed by atoms with Gasteiger partial charge in [0.2, 0.25) is 0 Å². The molecule has 0 saturated heterocycles. The predicted octanol–water partition coefficient (Wildman–Crippen LogP) is 5.35. The van der Waals surface area contributed by atoms with E-state index in [1.54, 1.807) is 18.5 Å². The number of anilines is 3. The molecule has 0 unspecified atom stereocenters. The van der Waals surface area contributed by atoms with E-state index in [2.05, 4.69) is 52.2 Å². The molecule has 5 heteroatoms. The largest absolute Gasteiger partial charge is 0.327 e. The highest BCUT2D eigenvalue weighted by molar-refractivity contribution is 6.08. The first-order valence-corrected chi connectivity index (χ1v) is 9.61. The van der Waals surface area contributed by atoms with E-state index in [4.69, 9.17) is 0 Å². The second kappa shape index (κ2) is 8.10. The van der Waals surface area contributed by atoms with Gasteiger partial charge in [-0.15, -0.1) is 0 Å². The van der Waals surface area contributed by atoms with Crippen LogP contribution in [0.3, 0.4) is 0 Å². The van der Waals surface area contributed by atoms with Gasteiger partial charge < -0.3 is 10.2 Å². The average Bonchev–Trinajstić information content (AvgIpc) is 2.75. The second-order valence-corrected chi connectivity index (χ2v) is 6.82. The number of hydrogen-bond donors (Lipinski definition) is 1. The van der Waals surface area contributed by atoms with Crippen molar-refractivity contribution in [1.29, 1.82) is 0 Å². The Hall–Kier alpha value is -3.73. The summed E-state index contributed by atoms with van der Waals surface area (Å²) in [5, 5.41) is 3.93. The number of benzene rings is 2. The summed E-state index contributed by atoms with van der Waals surface area (Å²) in [6.45, 7) is 4.93. The number of rotatable bonds is 5. The number of hydrogen-bond acceptors (Lipinski definition) is 4. The lowest BCUT2D eigenvalue weighted by Gasteiger charge is -2.22. The molecular weight excluding hydrogens is 360 g/mol. The standard InChI is InChI=1S/C24H22N4O/c1-3-28(20-10-4-7-17(2)15-20)22-13-12-19(16-26-22)24(29)27-21-11-5-8-18-9-6-14-25-23(18)21/h4-16H,3H2,1-2H3,(H,27,29). The van der Waals surface area contributed by atoms with Gasteiger partial charge >= 0.3 is 0 Å². The Morgan fingerprint density at radius 2 is 1.83 bits per heavy atom. The molecular formula is C24H22N4O. The molecule has 0 spiro atoms. The molecule has 2 aromatic heterocycles. The zero-order valence-corrected chi connectivity index (χ0v) is 16.5. The van der Waals surface area contributed by atoms with Crippen LogP contribution in [0.25, 0.3) is 10.9 Å². The van der Waals surface area contributed by atoms with Crippen molar-refractivity contribution in [1.82, 2.24) is 9.97 Å². The smallest absolute Gasteiger partial charge is 0.257 e. The molecule has 4 rings (SSSR count). The monoisotopic (exact) mass is 382 g/mol. The van der Waals surface area contributed by atoms with E-state index in [1.807, 2.05) is 42.5 Å². The molecule has 4 aromatic rings. The maximum atomic E-state index is 12.7. The van der Waals surface area contributed by atoms with Crippen LogP contribution in [0.5, 0.6) is 0 Å². The molecule has 0 atom stereocenters. The van der Waals surface area contributed by atoms with Gasteiger partial charge in [-0.25, -0.2) is 4.98 Å². The average molecular weight is 382 g/mol. The third kappa shape index (κ3) is 3.94. The fourth-order valence-electron chi connectivity index (χ4n) is 3.35. The molecule has 0 aliphatic heterocycles. The van der Waals surface area contributed by atoms with Crippen LogP contribution < -0.4 is 10.2 Å². The summed E-state index contributed by atoms with van der Waals surface area (Å²) in [6.07, 6.45) is 3.33. The molecule has 144 valence electrons. The van der Waals surface area contributed by atoms with Crippen LogP contribution in [0.1, 0.15) is 22.8 Å². The van der Waals surface area contributed by atoms with E-state index in [0.29, 0.717) is 11.3 Å². The Kier molecular flexibility index (Phi) is 5.20. The van der Waals surface area contributed by atoms with Crippen molar-refractivity contribution in [3.8, 4) is 0 Å². The van der Waals surface area contributed by atoms with Crippen LogP contribution in [0.15, 0.2) is 79.1 Å². The number of aryl methyl sites for hydroxylation is 1. The summed E-state index contributed by atoms with van der Waals surface area (Å²) < 4.78 is 0. The van der Waals surface area contributed by atoms with Gasteiger partial charge in [-0.1, -0.05) is 30.3 Å². The molecule has 0 saturated carbocycles. The number of aromatic nitrogens is 2. The van der Waals surface area contributed by atoms with E-state index in [9.17, 15) is 4.79 Å². The van der Waals surface area contributed by atoms with Crippen LogP contribution in [-0.4, -0.2) is 22.4 Å². The highest BCUT2D eigenvalue weighted by Crippen LogP contribution is 2.25. The summed E-state index contributed by atoms with van der Waals surface area (Å²) >= 11 is 0. The van der Waals surface area contributed by atoms with Crippen molar-refractivity contribution in [2.45, 2.75) is 13.8 Å². The maximum Gasteiger partial charge on any atom is 0.257 e. The van der Waals surface area contributed by atoms with Gasteiger partial charge in [-0.05, 0) is 55.8 Å². The second-order valence-electron chi connectivity index (χ2n) is 6.82. The third-order valence-electron chi connectivity index (χ3n) is 4.80. The van der Waals surface area contributed by atoms with Gasteiger partial charge in [0.05, 0.1) is 16.8 Å². The highest BCUT2D eigenvalue weighted by Gasteiger charge is 2.12. The number of nitrogens with zero attached hydrogens (tertiary/aromatic N) is 3. The lowest BCUT2D eigenvalue weighted by Crippen LogP contribution is -2.18. The molecule has 1 N–H and O–H groups in total. The van der Waals surface area contributed by atoms with Crippen molar-refractivity contribution in [3.05, 3.63) is 90.3 Å². The molecule has 0 fully saturated rings. The molecule has 29 heavy (non-hydrogen) atoms. The molecule has 0 aliphatic carbocycles. The third-order valence-corrected chi connectivity index (χ3v) is 4.80. The van der Waals surface area contributed by atoms with Crippen LogP contribution in [0.2, 0.25) is 0 Å².